The van der Waals surface area contributed by atoms with Gasteiger partial charge in [-0.2, -0.15) is 0 Å². The number of aryl methyl sites for hydroxylation is 1. The fourth-order valence-corrected chi connectivity index (χ4v) is 2.15. The number of anilines is 1. The van der Waals surface area contributed by atoms with Crippen LogP contribution in [0.1, 0.15) is 30.5 Å². The van der Waals surface area contributed by atoms with Crippen molar-refractivity contribution in [2.75, 3.05) is 5.32 Å². The van der Waals surface area contributed by atoms with Crippen molar-refractivity contribution in [3.05, 3.63) is 65.2 Å². The van der Waals surface area contributed by atoms with Crippen LogP contribution in [-0.2, 0) is 10.2 Å². The number of amides is 1. The lowest BCUT2D eigenvalue weighted by molar-refractivity contribution is -0.120. The second-order valence-corrected chi connectivity index (χ2v) is 5.69. The van der Waals surface area contributed by atoms with Crippen LogP contribution in [0.3, 0.4) is 0 Å². The fraction of sp³-hybridized carbons (Fsp3) is 0.278. The first kappa shape index (κ1) is 14.3. The molecule has 20 heavy (non-hydrogen) atoms. The molecule has 0 aliphatic carbocycles. The summed E-state index contributed by atoms with van der Waals surface area (Å²) in [5.74, 6) is 0.0115. The highest BCUT2D eigenvalue weighted by molar-refractivity contribution is 5.99. The fourth-order valence-electron chi connectivity index (χ4n) is 2.15. The molecule has 0 saturated carbocycles. The molecule has 1 amide bonds. The third-order valence-electron chi connectivity index (χ3n) is 3.92. The molecule has 2 rings (SSSR count). The summed E-state index contributed by atoms with van der Waals surface area (Å²) in [5.41, 5.74) is 3.64. The molecule has 0 aliphatic heterocycles. The summed E-state index contributed by atoms with van der Waals surface area (Å²) in [6.07, 6.45) is 0. The highest BCUT2D eigenvalue weighted by Crippen LogP contribution is 2.26. The smallest absolute Gasteiger partial charge is 0.234 e. The van der Waals surface area contributed by atoms with E-state index in [-0.39, 0.29) is 5.91 Å². The number of hydrogen-bond acceptors (Lipinski definition) is 1. The summed E-state index contributed by atoms with van der Waals surface area (Å²) in [6, 6.07) is 15.8. The van der Waals surface area contributed by atoms with Crippen LogP contribution in [0.2, 0.25) is 0 Å². The summed E-state index contributed by atoms with van der Waals surface area (Å²) in [4.78, 5) is 12.6. The molecular formula is C18H21NO. The monoisotopic (exact) mass is 267 g/mol. The van der Waals surface area contributed by atoms with Gasteiger partial charge in [-0.25, -0.2) is 0 Å². The molecule has 0 unspecified atom stereocenters. The number of hydrogen-bond donors (Lipinski definition) is 1. The van der Waals surface area contributed by atoms with Gasteiger partial charge in [0.15, 0.2) is 0 Å². The quantitative estimate of drug-likeness (QED) is 0.886. The Bertz CT molecular complexity index is 615. The van der Waals surface area contributed by atoms with E-state index in [0.717, 1.165) is 16.8 Å². The van der Waals surface area contributed by atoms with E-state index in [1.807, 2.05) is 76.2 Å². The molecule has 1 N–H and O–H groups in total. The Morgan fingerprint density at radius 2 is 1.60 bits per heavy atom. The van der Waals surface area contributed by atoms with Crippen LogP contribution in [0.15, 0.2) is 48.5 Å². The van der Waals surface area contributed by atoms with E-state index >= 15 is 0 Å². The van der Waals surface area contributed by atoms with E-state index in [0.29, 0.717) is 0 Å². The maximum Gasteiger partial charge on any atom is 0.234 e. The Hall–Kier alpha value is -2.09. The molecule has 0 fully saturated rings. The highest BCUT2D eigenvalue weighted by Gasteiger charge is 2.29. The normalized spacial score (nSPS) is 11.2. The Kier molecular flexibility index (Phi) is 3.93. The maximum absolute atomic E-state index is 12.6. The minimum absolute atomic E-state index is 0.0115. The largest absolute Gasteiger partial charge is 0.325 e. The van der Waals surface area contributed by atoms with Crippen LogP contribution in [0, 0.1) is 13.8 Å². The summed E-state index contributed by atoms with van der Waals surface area (Å²) >= 11 is 0. The van der Waals surface area contributed by atoms with Crippen molar-refractivity contribution in [1.82, 2.24) is 0 Å². The second kappa shape index (κ2) is 5.49. The van der Waals surface area contributed by atoms with Gasteiger partial charge >= 0.3 is 0 Å². The molecule has 0 heterocycles. The molecule has 0 bridgehead atoms. The van der Waals surface area contributed by atoms with E-state index in [4.69, 9.17) is 0 Å². The van der Waals surface area contributed by atoms with Crippen molar-refractivity contribution in [3.8, 4) is 0 Å². The minimum atomic E-state index is -0.558. The lowest BCUT2D eigenvalue weighted by Gasteiger charge is -2.25. The predicted molar refractivity (Wildman–Crippen MR) is 84.0 cm³/mol. The molecule has 2 nitrogen and oxygen atoms in total. The summed E-state index contributed by atoms with van der Waals surface area (Å²) in [7, 11) is 0. The van der Waals surface area contributed by atoms with Gasteiger partial charge in [0.1, 0.15) is 0 Å². The first-order valence-electron chi connectivity index (χ1n) is 6.86. The average Bonchev–Trinajstić information content (AvgIpc) is 2.44. The zero-order valence-corrected chi connectivity index (χ0v) is 12.5. The van der Waals surface area contributed by atoms with Crippen molar-refractivity contribution in [2.24, 2.45) is 0 Å². The predicted octanol–water partition coefficient (Wildman–Crippen LogP) is 4.22. The average molecular weight is 267 g/mol. The third-order valence-corrected chi connectivity index (χ3v) is 3.92. The van der Waals surface area contributed by atoms with Crippen molar-refractivity contribution in [2.45, 2.75) is 33.1 Å². The van der Waals surface area contributed by atoms with Gasteiger partial charge in [-0.05, 0) is 50.5 Å². The van der Waals surface area contributed by atoms with Gasteiger partial charge in [-0.1, -0.05) is 42.5 Å². The van der Waals surface area contributed by atoms with Gasteiger partial charge in [0.05, 0.1) is 5.41 Å². The number of nitrogens with one attached hydrogen (secondary N) is 1. The Balaban J connectivity index is 2.26. The number of carbonyl (C=O) groups excluding carboxylic acids is 1. The lowest BCUT2D eigenvalue weighted by atomic mass is 9.83. The molecule has 0 aromatic heterocycles. The van der Waals surface area contributed by atoms with Gasteiger partial charge in [0, 0.05) is 5.69 Å². The van der Waals surface area contributed by atoms with Gasteiger partial charge in [-0.15, -0.1) is 0 Å². The second-order valence-electron chi connectivity index (χ2n) is 5.69. The molecule has 2 aromatic rings. The number of benzene rings is 2. The molecule has 0 saturated heterocycles. The molecule has 0 spiro atoms. The molecule has 0 aliphatic rings. The first-order valence-corrected chi connectivity index (χ1v) is 6.86. The van der Waals surface area contributed by atoms with Crippen LogP contribution < -0.4 is 5.32 Å². The number of rotatable bonds is 3. The Morgan fingerprint density at radius 1 is 0.950 bits per heavy atom. The molecule has 0 radical (unpaired) electrons. The van der Waals surface area contributed by atoms with E-state index in [9.17, 15) is 4.79 Å². The summed E-state index contributed by atoms with van der Waals surface area (Å²) in [6.45, 7) is 7.97. The zero-order valence-electron chi connectivity index (χ0n) is 12.5. The molecule has 2 aromatic carbocycles. The summed E-state index contributed by atoms with van der Waals surface area (Å²) in [5, 5.41) is 3.05. The third kappa shape index (κ3) is 2.74. The van der Waals surface area contributed by atoms with Gasteiger partial charge < -0.3 is 5.32 Å². The van der Waals surface area contributed by atoms with Crippen molar-refractivity contribution < 1.29 is 4.79 Å². The van der Waals surface area contributed by atoms with Crippen LogP contribution in [0.25, 0.3) is 0 Å². The first-order chi connectivity index (χ1) is 9.43. The SMILES string of the molecule is Cc1cccc(NC(=O)C(C)(C)c2ccccc2)c1C. The Labute approximate surface area is 120 Å². The van der Waals surface area contributed by atoms with Gasteiger partial charge in [0.2, 0.25) is 5.91 Å². The van der Waals surface area contributed by atoms with Crippen LogP contribution >= 0.6 is 0 Å². The maximum atomic E-state index is 12.6. The summed E-state index contributed by atoms with van der Waals surface area (Å²) < 4.78 is 0. The zero-order chi connectivity index (χ0) is 14.8. The van der Waals surface area contributed by atoms with Gasteiger partial charge in [0.25, 0.3) is 0 Å². The molecule has 104 valence electrons. The van der Waals surface area contributed by atoms with E-state index in [1.165, 1.54) is 5.56 Å². The minimum Gasteiger partial charge on any atom is -0.325 e. The number of carbonyl (C=O) groups is 1. The molecule has 0 atom stereocenters. The van der Waals surface area contributed by atoms with E-state index in [2.05, 4.69) is 5.32 Å². The van der Waals surface area contributed by atoms with Crippen molar-refractivity contribution >= 4 is 11.6 Å². The van der Waals surface area contributed by atoms with Crippen LogP contribution in [0.4, 0.5) is 5.69 Å². The molecule has 2 heteroatoms. The van der Waals surface area contributed by atoms with E-state index < -0.39 is 5.41 Å². The lowest BCUT2D eigenvalue weighted by Crippen LogP contribution is -2.34. The van der Waals surface area contributed by atoms with E-state index in [1.54, 1.807) is 0 Å². The topological polar surface area (TPSA) is 29.1 Å². The molecular weight excluding hydrogens is 246 g/mol. The van der Waals surface area contributed by atoms with Crippen LogP contribution in [-0.4, -0.2) is 5.91 Å². The van der Waals surface area contributed by atoms with Crippen LogP contribution in [0.5, 0.6) is 0 Å². The van der Waals surface area contributed by atoms with Crippen molar-refractivity contribution in [3.63, 3.8) is 0 Å². The highest BCUT2D eigenvalue weighted by atomic mass is 16.2. The van der Waals surface area contributed by atoms with Gasteiger partial charge in [-0.3, -0.25) is 4.79 Å². The standard InChI is InChI=1S/C18H21NO/c1-13-9-8-12-16(14(13)2)19-17(20)18(3,4)15-10-6-5-7-11-15/h5-12H,1-4H3,(H,19,20). The van der Waals surface area contributed by atoms with Crippen molar-refractivity contribution in [1.29, 1.82) is 0 Å². The Morgan fingerprint density at radius 3 is 2.25 bits per heavy atom.